The molecule has 2 aromatic carbocycles. The molecule has 0 N–H and O–H groups in total. The number of nitrogens with zero attached hydrogens (tertiary/aromatic N) is 3. The van der Waals surface area contributed by atoms with E-state index in [2.05, 4.69) is 0 Å². The minimum atomic E-state index is -0.515. The molecule has 5 heteroatoms. The maximum Gasteiger partial charge on any atom is 0.277 e. The second kappa shape index (κ2) is 6.14. The first-order chi connectivity index (χ1) is 10.1. The standard InChI is InChI=1S/C16H9N3O2/c17-10-13-3-1-12(2-4-13)5-7-15-8-6-14(11-18)9-16(15)19(20)21/h1-9H. The first-order valence-electron chi connectivity index (χ1n) is 6.01. The number of benzene rings is 2. The van der Waals surface area contributed by atoms with Gasteiger partial charge in [-0.15, -0.1) is 0 Å². The van der Waals surface area contributed by atoms with Crippen LogP contribution >= 0.6 is 0 Å². The Morgan fingerprint density at radius 2 is 1.57 bits per heavy atom. The molecule has 0 spiro atoms. The lowest BCUT2D eigenvalue weighted by Crippen LogP contribution is -1.92. The Morgan fingerprint density at radius 3 is 2.14 bits per heavy atom. The van der Waals surface area contributed by atoms with Crippen LogP contribution in [-0.2, 0) is 0 Å². The fourth-order valence-corrected chi connectivity index (χ4v) is 1.77. The van der Waals surface area contributed by atoms with E-state index in [1.165, 1.54) is 18.2 Å². The Labute approximate surface area is 121 Å². The highest BCUT2D eigenvalue weighted by Gasteiger charge is 2.12. The van der Waals surface area contributed by atoms with Crippen molar-refractivity contribution in [3.63, 3.8) is 0 Å². The van der Waals surface area contributed by atoms with Crippen LogP contribution in [0.4, 0.5) is 5.69 Å². The molecule has 21 heavy (non-hydrogen) atoms. The zero-order valence-corrected chi connectivity index (χ0v) is 10.9. The molecular formula is C16H9N3O2. The average Bonchev–Trinajstić information content (AvgIpc) is 2.53. The minimum absolute atomic E-state index is 0.112. The third-order valence-corrected chi connectivity index (χ3v) is 2.85. The molecule has 0 bridgehead atoms. The van der Waals surface area contributed by atoms with E-state index in [1.54, 1.807) is 36.4 Å². The Morgan fingerprint density at radius 1 is 0.952 bits per heavy atom. The quantitative estimate of drug-likeness (QED) is 0.487. The van der Waals surface area contributed by atoms with Crippen molar-refractivity contribution < 1.29 is 4.92 Å². The molecule has 0 saturated carbocycles. The fraction of sp³-hybridized carbons (Fsp3) is 0. The van der Waals surface area contributed by atoms with E-state index in [9.17, 15) is 10.1 Å². The van der Waals surface area contributed by atoms with E-state index in [0.29, 0.717) is 11.1 Å². The molecular weight excluding hydrogens is 266 g/mol. The maximum absolute atomic E-state index is 11.0. The number of hydrogen-bond donors (Lipinski definition) is 0. The van der Waals surface area contributed by atoms with Crippen molar-refractivity contribution in [2.45, 2.75) is 0 Å². The molecule has 0 aliphatic heterocycles. The Bertz CT molecular complexity index is 794. The molecule has 0 amide bonds. The van der Waals surface area contributed by atoms with Crippen LogP contribution in [0.1, 0.15) is 22.3 Å². The van der Waals surface area contributed by atoms with Gasteiger partial charge in [0.25, 0.3) is 5.69 Å². The summed E-state index contributed by atoms with van der Waals surface area (Å²) in [6.45, 7) is 0. The largest absolute Gasteiger partial charge is 0.277 e. The van der Waals surface area contributed by atoms with Crippen molar-refractivity contribution in [2.75, 3.05) is 0 Å². The summed E-state index contributed by atoms with van der Waals surface area (Å²) in [5.41, 5.74) is 1.93. The third-order valence-electron chi connectivity index (χ3n) is 2.85. The van der Waals surface area contributed by atoms with Gasteiger partial charge < -0.3 is 0 Å². The summed E-state index contributed by atoms with van der Waals surface area (Å²) >= 11 is 0. The maximum atomic E-state index is 11.0. The van der Waals surface area contributed by atoms with E-state index in [-0.39, 0.29) is 11.3 Å². The topological polar surface area (TPSA) is 90.7 Å². The van der Waals surface area contributed by atoms with Crippen LogP contribution in [0.15, 0.2) is 42.5 Å². The molecule has 0 aliphatic carbocycles. The Hall–Kier alpha value is -3.44. The summed E-state index contributed by atoms with van der Waals surface area (Å²) in [4.78, 5) is 10.5. The summed E-state index contributed by atoms with van der Waals surface area (Å²) in [6.07, 6.45) is 3.33. The van der Waals surface area contributed by atoms with Gasteiger partial charge in [-0.05, 0) is 35.9 Å². The zero-order valence-electron chi connectivity index (χ0n) is 10.9. The number of rotatable bonds is 3. The highest BCUT2D eigenvalue weighted by molar-refractivity contribution is 5.74. The summed E-state index contributed by atoms with van der Waals surface area (Å²) in [7, 11) is 0. The van der Waals surface area contributed by atoms with E-state index in [0.717, 1.165) is 5.56 Å². The molecule has 0 saturated heterocycles. The second-order valence-corrected chi connectivity index (χ2v) is 4.21. The van der Waals surface area contributed by atoms with E-state index < -0.39 is 4.92 Å². The van der Waals surface area contributed by atoms with Crippen LogP contribution in [0.2, 0.25) is 0 Å². The van der Waals surface area contributed by atoms with Crippen molar-refractivity contribution in [2.24, 2.45) is 0 Å². The van der Waals surface area contributed by atoms with Crippen LogP contribution < -0.4 is 0 Å². The first kappa shape index (κ1) is 14.0. The van der Waals surface area contributed by atoms with Gasteiger partial charge in [0.2, 0.25) is 0 Å². The van der Waals surface area contributed by atoms with Crippen LogP contribution in [0.25, 0.3) is 12.2 Å². The van der Waals surface area contributed by atoms with Crippen molar-refractivity contribution >= 4 is 17.8 Å². The van der Waals surface area contributed by atoms with Gasteiger partial charge in [-0.2, -0.15) is 10.5 Å². The Balaban J connectivity index is 2.34. The molecule has 2 aromatic rings. The summed E-state index contributed by atoms with van der Waals surface area (Å²) in [5, 5.41) is 28.5. The monoisotopic (exact) mass is 275 g/mol. The fourth-order valence-electron chi connectivity index (χ4n) is 1.77. The minimum Gasteiger partial charge on any atom is -0.258 e. The van der Waals surface area contributed by atoms with Gasteiger partial charge in [-0.1, -0.05) is 18.2 Å². The third kappa shape index (κ3) is 3.31. The van der Waals surface area contributed by atoms with Gasteiger partial charge in [0, 0.05) is 6.07 Å². The smallest absolute Gasteiger partial charge is 0.258 e. The molecule has 0 aliphatic rings. The average molecular weight is 275 g/mol. The van der Waals surface area contributed by atoms with E-state index in [4.69, 9.17) is 10.5 Å². The van der Waals surface area contributed by atoms with Crippen LogP contribution in [-0.4, -0.2) is 4.92 Å². The van der Waals surface area contributed by atoms with Crippen molar-refractivity contribution in [1.29, 1.82) is 10.5 Å². The van der Waals surface area contributed by atoms with Crippen LogP contribution in [0, 0.1) is 32.8 Å². The van der Waals surface area contributed by atoms with E-state index in [1.807, 2.05) is 12.1 Å². The van der Waals surface area contributed by atoms with Gasteiger partial charge in [-0.25, -0.2) is 0 Å². The molecule has 5 nitrogen and oxygen atoms in total. The molecule has 0 heterocycles. The molecule has 0 unspecified atom stereocenters. The SMILES string of the molecule is N#Cc1ccc(C=Cc2ccc(C#N)cc2[N+](=O)[O-])cc1. The van der Waals surface area contributed by atoms with Gasteiger partial charge in [0.1, 0.15) is 0 Å². The summed E-state index contributed by atoms with van der Waals surface area (Å²) in [6, 6.07) is 15.1. The van der Waals surface area contributed by atoms with Gasteiger partial charge in [-0.3, -0.25) is 10.1 Å². The second-order valence-electron chi connectivity index (χ2n) is 4.21. The van der Waals surface area contributed by atoms with E-state index >= 15 is 0 Å². The van der Waals surface area contributed by atoms with Gasteiger partial charge >= 0.3 is 0 Å². The molecule has 100 valence electrons. The molecule has 2 rings (SSSR count). The van der Waals surface area contributed by atoms with Crippen LogP contribution in [0.5, 0.6) is 0 Å². The highest BCUT2D eigenvalue weighted by Crippen LogP contribution is 2.22. The first-order valence-corrected chi connectivity index (χ1v) is 6.01. The Kier molecular flexibility index (Phi) is 4.09. The lowest BCUT2D eigenvalue weighted by Gasteiger charge is -1.98. The molecule has 0 fully saturated rings. The number of nitro benzene ring substituents is 1. The number of nitriles is 2. The van der Waals surface area contributed by atoms with Gasteiger partial charge in [0.15, 0.2) is 0 Å². The van der Waals surface area contributed by atoms with Crippen molar-refractivity contribution in [3.8, 4) is 12.1 Å². The molecule has 0 aromatic heterocycles. The summed E-state index contributed by atoms with van der Waals surface area (Å²) < 4.78 is 0. The van der Waals surface area contributed by atoms with Crippen LogP contribution in [0.3, 0.4) is 0 Å². The molecule has 0 radical (unpaired) electrons. The summed E-state index contributed by atoms with van der Waals surface area (Å²) in [5.74, 6) is 0. The lowest BCUT2D eigenvalue weighted by molar-refractivity contribution is -0.385. The van der Waals surface area contributed by atoms with Crippen molar-refractivity contribution in [1.82, 2.24) is 0 Å². The lowest BCUT2D eigenvalue weighted by atomic mass is 10.1. The normalized spacial score (nSPS) is 10.0. The molecule has 0 atom stereocenters. The number of hydrogen-bond acceptors (Lipinski definition) is 4. The predicted octanol–water partition coefficient (Wildman–Crippen LogP) is 3.51. The van der Waals surface area contributed by atoms with Crippen molar-refractivity contribution in [3.05, 3.63) is 74.8 Å². The number of nitro groups is 1. The van der Waals surface area contributed by atoms with Gasteiger partial charge in [0.05, 0.1) is 33.8 Å². The zero-order chi connectivity index (χ0) is 15.2. The predicted molar refractivity (Wildman–Crippen MR) is 77.9 cm³/mol. The highest BCUT2D eigenvalue weighted by atomic mass is 16.6.